The summed E-state index contributed by atoms with van der Waals surface area (Å²) in [5, 5.41) is 2.79. The van der Waals surface area contributed by atoms with Crippen molar-refractivity contribution in [3.8, 4) is 11.5 Å². The Bertz CT molecular complexity index is 953. The highest BCUT2D eigenvalue weighted by Crippen LogP contribution is 2.20. The third-order valence-corrected chi connectivity index (χ3v) is 6.49. The number of rotatable bonds is 9. The van der Waals surface area contributed by atoms with Crippen LogP contribution in [0.1, 0.15) is 24.2 Å². The molecule has 0 saturated carbocycles. The molecule has 0 spiro atoms. The molecule has 0 atom stereocenters. The third kappa shape index (κ3) is 6.43. The zero-order valence-corrected chi connectivity index (χ0v) is 18.6. The second kappa shape index (κ2) is 10.6. The van der Waals surface area contributed by atoms with Crippen molar-refractivity contribution >= 4 is 15.9 Å². The number of carbonyl (C=O) groups excluding carboxylic acids is 1. The summed E-state index contributed by atoms with van der Waals surface area (Å²) in [7, 11) is -3.52. The lowest BCUT2D eigenvalue weighted by Crippen LogP contribution is -2.40. The first-order valence-electron chi connectivity index (χ1n) is 10.2. The molecule has 2 aromatic rings. The summed E-state index contributed by atoms with van der Waals surface area (Å²) in [6.07, 6.45) is 0.0744. The molecule has 2 aromatic carbocycles. The highest BCUT2D eigenvalue weighted by molar-refractivity contribution is 7.89. The first-order valence-corrected chi connectivity index (χ1v) is 11.7. The van der Waals surface area contributed by atoms with Crippen LogP contribution in [0.25, 0.3) is 0 Å². The fourth-order valence-electron chi connectivity index (χ4n) is 3.04. The molecule has 0 aliphatic carbocycles. The summed E-state index contributed by atoms with van der Waals surface area (Å²) in [5.74, 6) is 1.05. The van der Waals surface area contributed by atoms with Gasteiger partial charge in [0.15, 0.2) is 0 Å². The Morgan fingerprint density at radius 3 is 2.26 bits per heavy atom. The van der Waals surface area contributed by atoms with E-state index in [1.54, 1.807) is 36.4 Å². The van der Waals surface area contributed by atoms with Crippen molar-refractivity contribution in [2.45, 2.75) is 24.8 Å². The van der Waals surface area contributed by atoms with E-state index in [4.69, 9.17) is 14.2 Å². The minimum Gasteiger partial charge on any atom is -0.492 e. The fraction of sp³-hybridized carbons (Fsp3) is 0.409. The third-order valence-electron chi connectivity index (χ3n) is 4.58. The van der Waals surface area contributed by atoms with E-state index in [2.05, 4.69) is 5.32 Å². The largest absolute Gasteiger partial charge is 0.492 e. The van der Waals surface area contributed by atoms with E-state index in [1.165, 1.54) is 16.4 Å². The number of hydrogen-bond acceptors (Lipinski definition) is 6. The molecule has 1 heterocycles. The highest BCUT2D eigenvalue weighted by atomic mass is 32.2. The van der Waals surface area contributed by atoms with Gasteiger partial charge in [-0.15, -0.1) is 0 Å². The second-order valence-corrected chi connectivity index (χ2v) is 9.22. The maximum atomic E-state index is 12.6. The fourth-order valence-corrected chi connectivity index (χ4v) is 4.44. The SMILES string of the molecule is CC(C)Oc1ccc(C(=O)NCCOc2ccc(S(=O)(=O)N3CCOCC3)cc2)cc1. The molecule has 1 N–H and O–H groups in total. The van der Waals surface area contributed by atoms with Crippen LogP contribution < -0.4 is 14.8 Å². The standard InChI is InChI=1S/C22H28N2O6S/c1-17(2)30-20-5-3-18(4-6-20)22(25)23-11-14-29-19-7-9-21(10-8-19)31(26,27)24-12-15-28-16-13-24/h3-10,17H,11-16H2,1-2H3,(H,23,25). The van der Waals surface area contributed by atoms with E-state index in [9.17, 15) is 13.2 Å². The number of nitrogens with one attached hydrogen (secondary N) is 1. The van der Waals surface area contributed by atoms with Crippen molar-refractivity contribution in [3.63, 3.8) is 0 Å². The maximum absolute atomic E-state index is 12.6. The van der Waals surface area contributed by atoms with E-state index in [1.807, 2.05) is 13.8 Å². The van der Waals surface area contributed by atoms with Gasteiger partial charge in [0.25, 0.3) is 5.91 Å². The summed E-state index contributed by atoms with van der Waals surface area (Å²) in [6, 6.07) is 13.2. The molecule has 0 bridgehead atoms. The molecule has 0 unspecified atom stereocenters. The van der Waals surface area contributed by atoms with Crippen LogP contribution in [0, 0.1) is 0 Å². The van der Waals surface area contributed by atoms with Gasteiger partial charge in [-0.1, -0.05) is 0 Å². The molecular formula is C22H28N2O6S. The Morgan fingerprint density at radius 1 is 1.03 bits per heavy atom. The Hall–Kier alpha value is -2.62. The number of ether oxygens (including phenoxy) is 3. The lowest BCUT2D eigenvalue weighted by Gasteiger charge is -2.26. The summed E-state index contributed by atoms with van der Waals surface area (Å²) in [4.78, 5) is 12.4. The lowest BCUT2D eigenvalue weighted by molar-refractivity contribution is 0.0730. The van der Waals surface area contributed by atoms with Gasteiger partial charge in [-0.25, -0.2) is 8.42 Å². The number of benzene rings is 2. The zero-order valence-electron chi connectivity index (χ0n) is 17.7. The van der Waals surface area contributed by atoms with Gasteiger partial charge in [0.2, 0.25) is 10.0 Å². The Labute approximate surface area is 183 Å². The van der Waals surface area contributed by atoms with Gasteiger partial charge in [0, 0.05) is 18.7 Å². The maximum Gasteiger partial charge on any atom is 0.251 e. The van der Waals surface area contributed by atoms with Crippen LogP contribution >= 0.6 is 0 Å². The van der Waals surface area contributed by atoms with Crippen LogP contribution in [-0.4, -0.2) is 64.2 Å². The Balaban J connectivity index is 1.45. The number of sulfonamides is 1. The molecule has 8 nitrogen and oxygen atoms in total. The smallest absolute Gasteiger partial charge is 0.251 e. The number of amides is 1. The molecule has 0 aromatic heterocycles. The predicted molar refractivity (Wildman–Crippen MR) is 116 cm³/mol. The van der Waals surface area contributed by atoms with E-state index in [0.29, 0.717) is 49.9 Å². The van der Waals surface area contributed by atoms with Crippen molar-refractivity contribution < 1.29 is 27.4 Å². The normalized spacial score (nSPS) is 14.9. The summed E-state index contributed by atoms with van der Waals surface area (Å²) >= 11 is 0. The van der Waals surface area contributed by atoms with Gasteiger partial charge in [-0.3, -0.25) is 4.79 Å². The van der Waals surface area contributed by atoms with Gasteiger partial charge in [0.1, 0.15) is 18.1 Å². The Morgan fingerprint density at radius 2 is 1.65 bits per heavy atom. The number of hydrogen-bond donors (Lipinski definition) is 1. The van der Waals surface area contributed by atoms with Crippen molar-refractivity contribution in [1.29, 1.82) is 0 Å². The van der Waals surface area contributed by atoms with Crippen LogP contribution in [0.5, 0.6) is 11.5 Å². The van der Waals surface area contributed by atoms with E-state index >= 15 is 0 Å². The van der Waals surface area contributed by atoms with E-state index in [-0.39, 0.29) is 23.5 Å². The van der Waals surface area contributed by atoms with Gasteiger partial charge in [-0.05, 0) is 62.4 Å². The molecule has 3 rings (SSSR count). The summed E-state index contributed by atoms with van der Waals surface area (Å²) in [5.41, 5.74) is 0.536. The molecule has 31 heavy (non-hydrogen) atoms. The molecule has 9 heteroatoms. The van der Waals surface area contributed by atoms with Gasteiger partial charge >= 0.3 is 0 Å². The minimum atomic E-state index is -3.52. The van der Waals surface area contributed by atoms with Crippen molar-refractivity contribution in [3.05, 3.63) is 54.1 Å². The predicted octanol–water partition coefficient (Wildman–Crippen LogP) is 2.30. The minimum absolute atomic E-state index is 0.0744. The lowest BCUT2D eigenvalue weighted by atomic mass is 10.2. The molecule has 0 radical (unpaired) electrons. The van der Waals surface area contributed by atoms with Crippen molar-refractivity contribution in [2.24, 2.45) is 0 Å². The molecule has 1 amide bonds. The monoisotopic (exact) mass is 448 g/mol. The number of carbonyl (C=O) groups is 1. The van der Waals surface area contributed by atoms with Gasteiger partial charge in [0.05, 0.1) is 30.8 Å². The van der Waals surface area contributed by atoms with Gasteiger partial charge < -0.3 is 19.5 Å². The van der Waals surface area contributed by atoms with Crippen LogP contribution in [0.3, 0.4) is 0 Å². The summed E-state index contributed by atoms with van der Waals surface area (Å²) in [6.45, 7) is 5.98. The number of morpholine rings is 1. The quantitative estimate of drug-likeness (QED) is 0.592. The molecule has 1 aliphatic rings. The van der Waals surface area contributed by atoms with Crippen LogP contribution in [0.4, 0.5) is 0 Å². The van der Waals surface area contributed by atoms with Crippen LogP contribution in [0.2, 0.25) is 0 Å². The van der Waals surface area contributed by atoms with E-state index < -0.39 is 10.0 Å². The number of nitrogens with zero attached hydrogens (tertiary/aromatic N) is 1. The van der Waals surface area contributed by atoms with Crippen molar-refractivity contribution in [2.75, 3.05) is 39.5 Å². The average Bonchev–Trinajstić information content (AvgIpc) is 2.77. The average molecular weight is 449 g/mol. The first-order chi connectivity index (χ1) is 14.9. The van der Waals surface area contributed by atoms with Gasteiger partial charge in [-0.2, -0.15) is 4.31 Å². The van der Waals surface area contributed by atoms with Crippen LogP contribution in [-0.2, 0) is 14.8 Å². The molecule has 1 aliphatic heterocycles. The zero-order chi connectivity index (χ0) is 22.3. The summed E-state index contributed by atoms with van der Waals surface area (Å²) < 4.78 is 43.0. The Kier molecular flexibility index (Phi) is 7.89. The topological polar surface area (TPSA) is 94.2 Å². The first kappa shape index (κ1) is 23.1. The molecule has 168 valence electrons. The molecule has 1 fully saturated rings. The van der Waals surface area contributed by atoms with Crippen LogP contribution in [0.15, 0.2) is 53.4 Å². The van der Waals surface area contributed by atoms with Crippen molar-refractivity contribution in [1.82, 2.24) is 9.62 Å². The second-order valence-electron chi connectivity index (χ2n) is 7.28. The molecular weight excluding hydrogens is 420 g/mol. The van der Waals surface area contributed by atoms with E-state index in [0.717, 1.165) is 0 Å². The highest BCUT2D eigenvalue weighted by Gasteiger charge is 2.26. The molecule has 1 saturated heterocycles.